The van der Waals surface area contributed by atoms with Crippen LogP contribution in [0.3, 0.4) is 0 Å². The van der Waals surface area contributed by atoms with Crippen LogP contribution in [-0.2, 0) is 10.3 Å². The van der Waals surface area contributed by atoms with Gasteiger partial charge in [-0.05, 0) is 45.3 Å². The maximum atomic E-state index is 13.1. The number of aromatic nitrogens is 1. The standard InChI is InChI=1S/C26H32N6O2/c1-30(2)26(21-6-4-3-5-7-21)10-8-25(9-11-26)19-32(24(33)29-25)22-18-28-23(16-20(22)17-27)31-12-14-34-15-13-31/h3-7,16,18H,8-15,19H2,1-2H3,(H,29,33). The first-order valence-corrected chi connectivity index (χ1v) is 12.0. The Morgan fingerprint density at radius 3 is 2.47 bits per heavy atom. The van der Waals surface area contributed by atoms with Crippen molar-refractivity contribution in [2.45, 2.75) is 36.8 Å². The predicted molar refractivity (Wildman–Crippen MR) is 131 cm³/mol. The van der Waals surface area contributed by atoms with Crippen LogP contribution in [0.5, 0.6) is 0 Å². The molecule has 3 aliphatic rings. The van der Waals surface area contributed by atoms with Crippen LogP contribution in [0.1, 0.15) is 36.8 Å². The molecular formula is C26H32N6O2. The second-order valence-electron chi connectivity index (χ2n) is 9.86. The lowest BCUT2D eigenvalue weighted by atomic mass is 9.69. The molecule has 2 aliphatic heterocycles. The van der Waals surface area contributed by atoms with E-state index in [4.69, 9.17) is 4.74 Å². The van der Waals surface area contributed by atoms with Gasteiger partial charge in [-0.25, -0.2) is 9.78 Å². The van der Waals surface area contributed by atoms with Gasteiger partial charge < -0.3 is 15.0 Å². The SMILES string of the molecule is CN(C)C1(c2ccccc2)CCC2(CC1)CN(c1cnc(N3CCOCC3)cc1C#N)C(=O)N2. The van der Waals surface area contributed by atoms with Gasteiger partial charge in [-0.15, -0.1) is 0 Å². The molecule has 1 aliphatic carbocycles. The highest BCUT2D eigenvalue weighted by Crippen LogP contribution is 2.46. The van der Waals surface area contributed by atoms with Gasteiger partial charge in [-0.1, -0.05) is 30.3 Å². The van der Waals surface area contributed by atoms with Crippen molar-refractivity contribution in [3.05, 3.63) is 53.7 Å². The molecule has 178 valence electrons. The Morgan fingerprint density at radius 2 is 1.82 bits per heavy atom. The van der Waals surface area contributed by atoms with Gasteiger partial charge in [0.15, 0.2) is 0 Å². The molecule has 1 aromatic carbocycles. The smallest absolute Gasteiger partial charge is 0.322 e. The molecule has 1 N–H and O–H groups in total. The molecule has 3 heterocycles. The number of nitriles is 1. The molecule has 0 radical (unpaired) electrons. The summed E-state index contributed by atoms with van der Waals surface area (Å²) >= 11 is 0. The summed E-state index contributed by atoms with van der Waals surface area (Å²) in [5, 5.41) is 13.1. The maximum Gasteiger partial charge on any atom is 0.322 e. The van der Waals surface area contributed by atoms with Crippen LogP contribution in [-0.4, -0.2) is 68.4 Å². The fourth-order valence-corrected chi connectivity index (χ4v) is 5.78. The normalized spacial score (nSPS) is 27.2. The third-order valence-electron chi connectivity index (χ3n) is 7.89. The molecule has 2 amide bonds. The van der Waals surface area contributed by atoms with Crippen molar-refractivity contribution < 1.29 is 9.53 Å². The Bertz CT molecular complexity index is 1080. The highest BCUT2D eigenvalue weighted by molar-refractivity contribution is 5.96. The van der Waals surface area contributed by atoms with E-state index < -0.39 is 0 Å². The predicted octanol–water partition coefficient (Wildman–Crippen LogP) is 3.09. The fraction of sp³-hybridized carbons (Fsp3) is 0.500. The molecule has 3 fully saturated rings. The van der Waals surface area contributed by atoms with Crippen molar-refractivity contribution in [2.75, 3.05) is 56.7 Å². The molecule has 8 heteroatoms. The number of carbonyl (C=O) groups excluding carboxylic acids is 1. The number of nitrogens with zero attached hydrogens (tertiary/aromatic N) is 5. The molecule has 34 heavy (non-hydrogen) atoms. The maximum absolute atomic E-state index is 13.1. The van der Waals surface area contributed by atoms with E-state index in [1.54, 1.807) is 17.2 Å². The number of ether oxygens (including phenoxy) is 1. The number of morpholine rings is 1. The van der Waals surface area contributed by atoms with Crippen LogP contribution >= 0.6 is 0 Å². The molecule has 2 aromatic rings. The van der Waals surface area contributed by atoms with Crippen molar-refractivity contribution >= 4 is 17.5 Å². The number of urea groups is 1. The summed E-state index contributed by atoms with van der Waals surface area (Å²) in [7, 11) is 4.29. The summed E-state index contributed by atoms with van der Waals surface area (Å²) < 4.78 is 5.42. The zero-order valence-electron chi connectivity index (χ0n) is 20.0. The topological polar surface area (TPSA) is 84.7 Å². The monoisotopic (exact) mass is 460 g/mol. The van der Waals surface area contributed by atoms with Crippen molar-refractivity contribution in [2.24, 2.45) is 0 Å². The van der Waals surface area contributed by atoms with E-state index in [-0.39, 0.29) is 17.1 Å². The number of rotatable bonds is 4. The Morgan fingerprint density at radius 1 is 1.12 bits per heavy atom. The number of anilines is 2. The Balaban J connectivity index is 1.36. The molecule has 0 unspecified atom stereocenters. The number of hydrogen-bond acceptors (Lipinski definition) is 6. The van der Waals surface area contributed by atoms with Gasteiger partial charge in [0.2, 0.25) is 0 Å². The summed E-state index contributed by atoms with van der Waals surface area (Å²) in [6.07, 6.45) is 5.35. The Labute approximate surface area is 201 Å². The van der Waals surface area contributed by atoms with E-state index >= 15 is 0 Å². The fourth-order valence-electron chi connectivity index (χ4n) is 5.78. The molecule has 1 spiro atoms. The van der Waals surface area contributed by atoms with Gasteiger partial charge in [0.1, 0.15) is 11.9 Å². The first kappa shape index (κ1) is 22.6. The van der Waals surface area contributed by atoms with E-state index in [1.165, 1.54) is 5.56 Å². The second-order valence-corrected chi connectivity index (χ2v) is 9.86. The van der Waals surface area contributed by atoms with Crippen LogP contribution in [0.15, 0.2) is 42.6 Å². The lowest BCUT2D eigenvalue weighted by Gasteiger charge is -2.48. The molecular weight excluding hydrogens is 428 g/mol. The van der Waals surface area contributed by atoms with Crippen molar-refractivity contribution in [1.29, 1.82) is 5.26 Å². The number of pyridine rings is 1. The van der Waals surface area contributed by atoms with Crippen LogP contribution in [0, 0.1) is 11.3 Å². The second kappa shape index (κ2) is 8.90. The number of hydrogen-bond donors (Lipinski definition) is 1. The summed E-state index contributed by atoms with van der Waals surface area (Å²) in [5.74, 6) is 0.759. The highest BCUT2D eigenvalue weighted by atomic mass is 16.5. The third kappa shape index (κ3) is 3.89. The van der Waals surface area contributed by atoms with Crippen LogP contribution in [0.2, 0.25) is 0 Å². The first-order valence-electron chi connectivity index (χ1n) is 12.0. The quantitative estimate of drug-likeness (QED) is 0.755. The van der Waals surface area contributed by atoms with Gasteiger partial charge >= 0.3 is 6.03 Å². The van der Waals surface area contributed by atoms with Gasteiger partial charge in [0.05, 0.1) is 42.7 Å². The van der Waals surface area contributed by atoms with Crippen LogP contribution in [0.25, 0.3) is 0 Å². The summed E-state index contributed by atoms with van der Waals surface area (Å²) in [5.41, 5.74) is 2.06. The van der Waals surface area contributed by atoms with Crippen molar-refractivity contribution in [3.63, 3.8) is 0 Å². The summed E-state index contributed by atoms with van der Waals surface area (Å²) in [4.78, 5) is 23.9. The minimum Gasteiger partial charge on any atom is -0.378 e. The van der Waals surface area contributed by atoms with E-state index in [2.05, 4.69) is 70.6 Å². The molecule has 8 nitrogen and oxygen atoms in total. The molecule has 0 atom stereocenters. The average molecular weight is 461 g/mol. The largest absolute Gasteiger partial charge is 0.378 e. The van der Waals surface area contributed by atoms with Gasteiger partial charge in [0, 0.05) is 24.7 Å². The number of benzene rings is 1. The van der Waals surface area contributed by atoms with E-state index in [9.17, 15) is 10.1 Å². The molecule has 2 saturated heterocycles. The highest BCUT2D eigenvalue weighted by Gasteiger charge is 2.50. The van der Waals surface area contributed by atoms with Gasteiger partial charge in [-0.3, -0.25) is 9.80 Å². The van der Waals surface area contributed by atoms with Crippen molar-refractivity contribution in [1.82, 2.24) is 15.2 Å². The van der Waals surface area contributed by atoms with Gasteiger partial charge in [-0.2, -0.15) is 5.26 Å². The molecule has 5 rings (SSSR count). The molecule has 1 saturated carbocycles. The zero-order valence-corrected chi connectivity index (χ0v) is 20.0. The Kier molecular flexibility index (Phi) is 5.92. The zero-order chi connectivity index (χ0) is 23.8. The average Bonchev–Trinajstić information content (AvgIpc) is 3.20. The molecule has 0 bridgehead atoms. The summed E-state index contributed by atoms with van der Waals surface area (Å²) in [6.45, 7) is 3.36. The van der Waals surface area contributed by atoms with Crippen LogP contribution in [0.4, 0.5) is 16.3 Å². The number of carbonyl (C=O) groups is 1. The van der Waals surface area contributed by atoms with E-state index in [0.29, 0.717) is 31.0 Å². The minimum absolute atomic E-state index is 0.0379. The third-order valence-corrected chi connectivity index (χ3v) is 7.89. The van der Waals surface area contributed by atoms with Crippen LogP contribution < -0.4 is 15.1 Å². The first-order chi connectivity index (χ1) is 16.5. The molecule has 1 aromatic heterocycles. The van der Waals surface area contributed by atoms with E-state index in [0.717, 1.165) is 44.6 Å². The summed E-state index contributed by atoms with van der Waals surface area (Å²) in [6, 6.07) is 14.6. The van der Waals surface area contributed by atoms with E-state index in [1.807, 2.05) is 0 Å². The van der Waals surface area contributed by atoms with Gasteiger partial charge in [0.25, 0.3) is 0 Å². The number of nitrogens with one attached hydrogen (secondary N) is 1. The minimum atomic E-state index is -0.291. The lowest BCUT2D eigenvalue weighted by molar-refractivity contribution is 0.0658. The number of amides is 2. The Hall–Kier alpha value is -3.15. The lowest BCUT2D eigenvalue weighted by Crippen LogP contribution is -2.54. The van der Waals surface area contributed by atoms with Crippen molar-refractivity contribution in [3.8, 4) is 6.07 Å².